The third kappa shape index (κ3) is 2.99. The Bertz CT molecular complexity index is 866. The molecule has 4 nitrogen and oxygen atoms in total. The highest BCUT2D eigenvalue weighted by Crippen LogP contribution is 2.49. The molecule has 1 aliphatic carbocycles. The number of amides is 1. The number of pyridine rings is 1. The van der Waals surface area contributed by atoms with Gasteiger partial charge in [0.1, 0.15) is 5.82 Å². The molecule has 1 amide bonds. The molecule has 0 radical (unpaired) electrons. The summed E-state index contributed by atoms with van der Waals surface area (Å²) in [5.74, 6) is 0.927. The van der Waals surface area contributed by atoms with E-state index in [9.17, 15) is 4.79 Å². The van der Waals surface area contributed by atoms with Crippen LogP contribution in [0.1, 0.15) is 30.9 Å². The first-order chi connectivity index (χ1) is 12.6. The van der Waals surface area contributed by atoms with Crippen molar-refractivity contribution in [3.8, 4) is 11.1 Å². The van der Waals surface area contributed by atoms with E-state index in [-0.39, 0.29) is 11.3 Å². The highest BCUT2D eigenvalue weighted by molar-refractivity contribution is 6.34. The van der Waals surface area contributed by atoms with Gasteiger partial charge in [-0.05, 0) is 30.4 Å². The van der Waals surface area contributed by atoms with Crippen LogP contribution in [0.2, 0.25) is 5.02 Å². The highest BCUT2D eigenvalue weighted by Gasteiger charge is 2.42. The summed E-state index contributed by atoms with van der Waals surface area (Å²) in [6, 6.07) is 8.35. The number of nitrogens with zero attached hydrogens (tertiary/aromatic N) is 1. The van der Waals surface area contributed by atoms with Gasteiger partial charge in [-0.3, -0.25) is 4.79 Å². The highest BCUT2D eigenvalue weighted by atomic mass is 35.5. The summed E-state index contributed by atoms with van der Waals surface area (Å²) in [4.78, 5) is 15.6. The molecule has 4 rings (SSSR count). The molecule has 1 aromatic heterocycles. The first-order valence-electron chi connectivity index (χ1n) is 9.01. The van der Waals surface area contributed by atoms with Crippen molar-refractivity contribution < 1.29 is 4.79 Å². The van der Waals surface area contributed by atoms with Gasteiger partial charge in [0, 0.05) is 42.8 Å². The van der Waals surface area contributed by atoms with Crippen molar-refractivity contribution in [3.63, 3.8) is 0 Å². The smallest absolute Gasteiger partial charge is 0.216 e. The van der Waals surface area contributed by atoms with Crippen molar-refractivity contribution >= 4 is 23.3 Å². The molecule has 1 spiro atoms. The van der Waals surface area contributed by atoms with Gasteiger partial charge in [-0.15, -0.1) is 0 Å². The number of halogens is 1. The maximum absolute atomic E-state index is 11.0. The second kappa shape index (κ2) is 6.76. The number of carbonyl (C=O) groups excluding carboxylic acids is 1. The van der Waals surface area contributed by atoms with Crippen LogP contribution in [0.25, 0.3) is 11.1 Å². The lowest BCUT2D eigenvalue weighted by atomic mass is 9.80. The van der Waals surface area contributed by atoms with Gasteiger partial charge in [-0.2, -0.15) is 0 Å². The molecule has 0 saturated heterocycles. The summed E-state index contributed by atoms with van der Waals surface area (Å²) in [5, 5.41) is 7.06. The number of carbonyl (C=O) groups is 1. The van der Waals surface area contributed by atoms with Gasteiger partial charge in [0.2, 0.25) is 5.91 Å². The zero-order valence-corrected chi connectivity index (χ0v) is 15.6. The molecule has 5 heteroatoms. The molecule has 0 bridgehead atoms. The molecular formula is C21H22ClN3O. The largest absolute Gasteiger partial charge is 0.369 e. The first kappa shape index (κ1) is 17.1. The zero-order chi connectivity index (χ0) is 18.1. The zero-order valence-electron chi connectivity index (χ0n) is 14.8. The lowest BCUT2D eigenvalue weighted by Gasteiger charge is -2.24. The van der Waals surface area contributed by atoms with E-state index in [0.717, 1.165) is 53.3 Å². The second-order valence-electron chi connectivity index (χ2n) is 7.15. The van der Waals surface area contributed by atoms with E-state index in [1.54, 1.807) is 0 Å². The standard InChI is InChI=1S/C21H22ClN3O/c1-14(26)23-11-8-15-4-6-16(7-5-15)17-12-24-20-18(19(17)22)21(13-25-20)9-2-3-10-21/h2-7,12H,8-11,13H2,1H3,(H,23,26)(H,24,25). The van der Waals surface area contributed by atoms with Crippen molar-refractivity contribution in [2.24, 2.45) is 0 Å². The second-order valence-corrected chi connectivity index (χ2v) is 7.53. The number of allylic oxidation sites excluding steroid dienone is 2. The minimum absolute atomic E-state index is 0.00144. The van der Waals surface area contributed by atoms with Gasteiger partial charge in [-0.25, -0.2) is 4.98 Å². The van der Waals surface area contributed by atoms with Crippen molar-refractivity contribution in [2.75, 3.05) is 18.4 Å². The Morgan fingerprint density at radius 3 is 2.69 bits per heavy atom. The van der Waals surface area contributed by atoms with Crippen LogP contribution >= 0.6 is 11.6 Å². The number of hydrogen-bond acceptors (Lipinski definition) is 3. The first-order valence-corrected chi connectivity index (χ1v) is 9.38. The van der Waals surface area contributed by atoms with E-state index in [4.69, 9.17) is 11.6 Å². The number of anilines is 1. The predicted molar refractivity (Wildman–Crippen MR) is 106 cm³/mol. The van der Waals surface area contributed by atoms with Crippen LogP contribution < -0.4 is 10.6 Å². The van der Waals surface area contributed by atoms with Gasteiger partial charge in [0.25, 0.3) is 0 Å². The van der Waals surface area contributed by atoms with Crippen LogP contribution in [0.3, 0.4) is 0 Å². The molecule has 1 aliphatic heterocycles. The fraction of sp³-hybridized carbons (Fsp3) is 0.333. The predicted octanol–water partition coefficient (Wildman–Crippen LogP) is 4.09. The number of aromatic nitrogens is 1. The molecular weight excluding hydrogens is 346 g/mol. The van der Waals surface area contributed by atoms with Gasteiger partial charge in [-0.1, -0.05) is 48.0 Å². The molecule has 1 aromatic carbocycles. The van der Waals surface area contributed by atoms with E-state index in [0.29, 0.717) is 6.54 Å². The minimum Gasteiger partial charge on any atom is -0.369 e. The minimum atomic E-state index is 0.00144. The summed E-state index contributed by atoms with van der Waals surface area (Å²) < 4.78 is 0. The van der Waals surface area contributed by atoms with E-state index in [2.05, 4.69) is 52.0 Å². The summed E-state index contributed by atoms with van der Waals surface area (Å²) in [6.45, 7) is 3.08. The fourth-order valence-corrected chi connectivity index (χ4v) is 4.38. The molecule has 0 saturated carbocycles. The van der Waals surface area contributed by atoms with Crippen LogP contribution in [0.15, 0.2) is 42.6 Å². The van der Waals surface area contributed by atoms with Crippen molar-refractivity contribution in [2.45, 2.75) is 31.6 Å². The fourth-order valence-electron chi connectivity index (χ4n) is 3.93. The Hall–Kier alpha value is -2.33. The van der Waals surface area contributed by atoms with E-state index < -0.39 is 0 Å². The SMILES string of the molecule is CC(=O)NCCc1ccc(-c2cnc3c(c2Cl)C2(CC=CC2)CN3)cc1. The maximum Gasteiger partial charge on any atom is 0.216 e. The normalized spacial score (nSPS) is 16.5. The van der Waals surface area contributed by atoms with E-state index in [1.807, 2.05) is 6.20 Å². The molecule has 26 heavy (non-hydrogen) atoms. The molecule has 0 unspecified atom stereocenters. The van der Waals surface area contributed by atoms with Crippen LogP contribution in [0, 0.1) is 0 Å². The molecule has 2 aliphatic rings. The van der Waals surface area contributed by atoms with Crippen LogP contribution in [0.5, 0.6) is 0 Å². The summed E-state index contributed by atoms with van der Waals surface area (Å²) >= 11 is 6.86. The molecule has 2 N–H and O–H groups in total. The Balaban J connectivity index is 1.60. The number of nitrogens with one attached hydrogen (secondary N) is 2. The van der Waals surface area contributed by atoms with Crippen LogP contribution in [0.4, 0.5) is 5.82 Å². The Labute approximate surface area is 158 Å². The average molecular weight is 368 g/mol. The van der Waals surface area contributed by atoms with Gasteiger partial charge in [0.05, 0.1) is 5.02 Å². The number of benzene rings is 1. The molecule has 0 fully saturated rings. The Morgan fingerprint density at radius 1 is 1.27 bits per heavy atom. The van der Waals surface area contributed by atoms with Gasteiger partial charge >= 0.3 is 0 Å². The average Bonchev–Trinajstić information content (AvgIpc) is 3.25. The van der Waals surface area contributed by atoms with Gasteiger partial charge < -0.3 is 10.6 Å². The van der Waals surface area contributed by atoms with Crippen molar-refractivity contribution in [1.29, 1.82) is 0 Å². The number of rotatable bonds is 4. The van der Waals surface area contributed by atoms with Crippen molar-refractivity contribution in [1.82, 2.24) is 10.3 Å². The Kier molecular flexibility index (Phi) is 4.45. The lowest BCUT2D eigenvalue weighted by molar-refractivity contribution is -0.118. The lowest BCUT2D eigenvalue weighted by Crippen LogP contribution is -2.25. The van der Waals surface area contributed by atoms with Crippen LogP contribution in [-0.4, -0.2) is 24.0 Å². The Morgan fingerprint density at radius 2 is 2.00 bits per heavy atom. The van der Waals surface area contributed by atoms with E-state index in [1.165, 1.54) is 12.5 Å². The molecule has 2 heterocycles. The maximum atomic E-state index is 11.0. The van der Waals surface area contributed by atoms with E-state index >= 15 is 0 Å². The molecule has 2 aromatic rings. The van der Waals surface area contributed by atoms with Crippen molar-refractivity contribution in [3.05, 3.63) is 58.8 Å². The number of fused-ring (bicyclic) bond motifs is 2. The molecule has 0 atom stereocenters. The topological polar surface area (TPSA) is 54.0 Å². The third-order valence-electron chi connectivity index (χ3n) is 5.38. The monoisotopic (exact) mass is 367 g/mol. The summed E-state index contributed by atoms with van der Waals surface area (Å²) in [7, 11) is 0. The number of hydrogen-bond donors (Lipinski definition) is 2. The third-order valence-corrected chi connectivity index (χ3v) is 5.77. The summed E-state index contributed by atoms with van der Waals surface area (Å²) in [5.41, 5.74) is 4.46. The van der Waals surface area contributed by atoms with Crippen LogP contribution in [-0.2, 0) is 16.6 Å². The quantitative estimate of drug-likeness (QED) is 0.800. The molecule has 134 valence electrons. The van der Waals surface area contributed by atoms with Gasteiger partial charge in [0.15, 0.2) is 0 Å². The summed E-state index contributed by atoms with van der Waals surface area (Å²) in [6.07, 6.45) is 9.18.